The van der Waals surface area contributed by atoms with Crippen molar-refractivity contribution in [2.24, 2.45) is 0 Å². The number of aromatic amines is 2. The zero-order chi connectivity index (χ0) is 46.5. The molecule has 4 aromatic heterocycles. The molecule has 0 amide bonds. The number of ether oxygens (including phenoxy) is 6. The van der Waals surface area contributed by atoms with E-state index in [1.54, 1.807) is 0 Å². The average Bonchev–Trinajstić information content (AvgIpc) is 3.74. The van der Waals surface area contributed by atoms with Crippen LogP contribution in [0.5, 0.6) is 34.5 Å². The van der Waals surface area contributed by atoms with Crippen LogP contribution in [0.15, 0.2) is 71.2 Å². The lowest BCUT2D eigenvalue weighted by molar-refractivity contribution is -0.0504. The van der Waals surface area contributed by atoms with Gasteiger partial charge in [0.2, 0.25) is 0 Å². The summed E-state index contributed by atoms with van der Waals surface area (Å²) in [7, 11) is -13.5. The molecule has 2 N–H and O–H groups in total. The largest absolute Gasteiger partial charge is 0.493 e. The number of thioether (sulfide) groups is 1. The number of alkyl halides is 4. The van der Waals surface area contributed by atoms with E-state index in [0.29, 0.717) is 21.7 Å². The average molecular weight is 763 g/mol. The van der Waals surface area contributed by atoms with E-state index in [-0.39, 0.29) is 50.8 Å². The first-order valence-electron chi connectivity index (χ1n) is 19.8. The summed E-state index contributed by atoms with van der Waals surface area (Å²) >= 11 is 1.11. The summed E-state index contributed by atoms with van der Waals surface area (Å²) in [6, 6.07) is 10.4. The number of H-pyrrole nitrogens is 2. The molecule has 1 atom stereocenters. The number of methoxy groups -OCH3 is 4. The lowest BCUT2D eigenvalue weighted by Crippen LogP contribution is -2.04. The Balaban J connectivity index is 0.000000238. The van der Waals surface area contributed by atoms with Gasteiger partial charge < -0.3 is 38.4 Å². The van der Waals surface area contributed by atoms with Crippen LogP contribution >= 0.6 is 11.8 Å². The molecule has 1 unspecified atom stereocenters. The minimum atomic E-state index is -3.02. The Morgan fingerprint density at radius 3 is 1.88 bits per heavy atom. The maximum absolute atomic E-state index is 12.8. The molecular weight excluding hydrogens is 721 g/mol. The first-order valence-corrected chi connectivity index (χ1v) is 16.1. The highest BCUT2D eigenvalue weighted by Crippen LogP contribution is 2.34. The Kier molecular flexibility index (Phi) is 8.03. The third-order valence-electron chi connectivity index (χ3n) is 6.45. The molecule has 0 bridgehead atoms. The second-order valence-corrected chi connectivity index (χ2v) is 11.9. The van der Waals surface area contributed by atoms with Gasteiger partial charge in [0.1, 0.15) is 11.5 Å². The van der Waals surface area contributed by atoms with Crippen molar-refractivity contribution in [3.8, 4) is 34.5 Å². The van der Waals surface area contributed by atoms with E-state index in [9.17, 15) is 21.8 Å². The van der Waals surface area contributed by atoms with E-state index in [1.165, 1.54) is 48.7 Å². The first kappa shape index (κ1) is 24.0. The number of pyridine rings is 2. The van der Waals surface area contributed by atoms with Crippen molar-refractivity contribution < 1.29 is 66.6 Å². The van der Waals surface area contributed by atoms with Crippen LogP contribution in [0.1, 0.15) is 27.8 Å². The molecule has 0 radical (unpaired) electrons. The maximum atomic E-state index is 12.8. The molecule has 19 heteroatoms. The summed E-state index contributed by atoms with van der Waals surface area (Å²) in [4.78, 5) is 22.1. The van der Waals surface area contributed by atoms with Gasteiger partial charge in [-0.15, -0.1) is 0 Å². The van der Waals surface area contributed by atoms with Crippen molar-refractivity contribution in [1.29, 1.82) is 0 Å². The molecule has 0 spiro atoms. The number of nitrogens with zero attached hydrogens (tertiary/aromatic N) is 4. The van der Waals surface area contributed by atoms with Crippen LogP contribution in [0.2, 0.25) is 0 Å². The van der Waals surface area contributed by atoms with Crippen LogP contribution < -0.4 is 28.4 Å². The minimum absolute atomic E-state index is 0.0350. The smallest absolute Gasteiger partial charge is 0.387 e. The standard InChI is InChI=1S/C16H15F2N3O4S.C16H15F2N3O3S/c1-23-13-5-6-19-12(14(13)24-2)8-26(22)16-20-10-4-3-9(25-15(17)18)7-11(10)21-16;1-22-13-5-6-19-12(14(13)23-2)8-25-16-20-10-4-3-9(24-15(17)18)7-11(10)21-16/h3-7,15H,8H2,1-2H3,(H,20,21);3-7,15H,8H2,1-2H3,(H,20,21)/i2*1D3,2D3. The summed E-state index contributed by atoms with van der Waals surface area (Å²) in [6.07, 6.45) is 2.41. The molecule has 2 aromatic carbocycles. The maximum Gasteiger partial charge on any atom is 0.387 e. The summed E-state index contributed by atoms with van der Waals surface area (Å²) < 4.78 is 178. The fraction of sp³-hybridized carbons (Fsp3) is 0.250. The number of halogens is 4. The van der Waals surface area contributed by atoms with Crippen molar-refractivity contribution in [2.45, 2.75) is 35.0 Å². The van der Waals surface area contributed by atoms with Gasteiger partial charge in [-0.2, -0.15) is 17.6 Å². The van der Waals surface area contributed by atoms with E-state index >= 15 is 0 Å². The van der Waals surface area contributed by atoms with Gasteiger partial charge in [-0.1, -0.05) is 11.8 Å². The summed E-state index contributed by atoms with van der Waals surface area (Å²) in [5, 5.41) is 0.325. The van der Waals surface area contributed by atoms with Crippen LogP contribution in [-0.4, -0.2) is 75.5 Å². The van der Waals surface area contributed by atoms with Gasteiger partial charge in [-0.25, -0.2) is 9.97 Å². The molecule has 6 rings (SSSR count). The molecule has 0 saturated heterocycles. The number of rotatable bonds is 14. The van der Waals surface area contributed by atoms with Gasteiger partial charge in [0.15, 0.2) is 33.3 Å². The first-order chi connectivity index (χ1) is 29.2. The second kappa shape index (κ2) is 17.1. The van der Waals surface area contributed by atoms with Gasteiger partial charge in [-0.05, 0) is 24.3 Å². The van der Waals surface area contributed by atoms with Gasteiger partial charge in [-0.3, -0.25) is 14.2 Å². The monoisotopic (exact) mass is 762 g/mol. The number of benzene rings is 2. The van der Waals surface area contributed by atoms with Crippen molar-refractivity contribution in [3.63, 3.8) is 0 Å². The summed E-state index contributed by atoms with van der Waals surface area (Å²) in [6.45, 7) is -5.97. The van der Waals surface area contributed by atoms with Crippen LogP contribution in [0, 0.1) is 0 Å². The minimum Gasteiger partial charge on any atom is -0.493 e. The highest BCUT2D eigenvalue weighted by molar-refractivity contribution is 7.98. The van der Waals surface area contributed by atoms with E-state index in [1.807, 2.05) is 0 Å². The number of aromatic nitrogens is 6. The molecular formula is C32H30F4N6O7S2. The van der Waals surface area contributed by atoms with E-state index < -0.39 is 69.4 Å². The predicted octanol–water partition coefficient (Wildman–Crippen LogP) is 6.75. The van der Waals surface area contributed by atoms with Crippen LogP contribution in [0.25, 0.3) is 22.1 Å². The molecule has 0 aliphatic rings. The molecule has 13 nitrogen and oxygen atoms in total. The SMILES string of the molecule is [2H]C([2H])([2H])Oc1ccnc(CS(=O)c2nc3ccc(OC(F)F)cc3[nH]2)c1OC([2H])([2H])[2H].[2H]C([2H])([2H])Oc1ccnc(CSc2nc3ccc(OC(F)F)cc3[nH]2)c1OC([2H])([2H])[2H]. The fourth-order valence-electron chi connectivity index (χ4n) is 4.32. The van der Waals surface area contributed by atoms with Crippen LogP contribution in [-0.2, 0) is 22.3 Å². The van der Waals surface area contributed by atoms with Crippen molar-refractivity contribution in [1.82, 2.24) is 29.9 Å². The molecule has 0 fully saturated rings. The Morgan fingerprint density at radius 1 is 0.745 bits per heavy atom. The van der Waals surface area contributed by atoms with Gasteiger partial charge in [0.25, 0.3) is 0 Å². The normalized spacial score (nSPS) is 16.2. The number of fused-ring (bicyclic) bond motifs is 2. The Labute approximate surface area is 311 Å². The fourth-order valence-corrected chi connectivity index (χ4v) is 6.15. The zero-order valence-electron chi connectivity index (χ0n) is 37.3. The molecule has 0 aliphatic heterocycles. The van der Waals surface area contributed by atoms with Crippen molar-refractivity contribution >= 4 is 44.6 Å². The highest BCUT2D eigenvalue weighted by Gasteiger charge is 2.18. The molecule has 0 saturated carbocycles. The van der Waals surface area contributed by atoms with Crippen LogP contribution in [0.3, 0.4) is 0 Å². The van der Waals surface area contributed by atoms with Crippen molar-refractivity contribution in [3.05, 3.63) is 72.3 Å². The molecule has 4 heterocycles. The molecule has 0 aliphatic carbocycles. The summed E-state index contributed by atoms with van der Waals surface area (Å²) in [5.41, 5.74) is 1.51. The Hall–Kier alpha value is -5.30. The van der Waals surface area contributed by atoms with E-state index in [0.717, 1.165) is 24.0 Å². The number of nitrogens with one attached hydrogen (secondary N) is 2. The zero-order valence-corrected chi connectivity index (χ0v) is 27.0. The quantitative estimate of drug-likeness (QED) is 0.0891. The predicted molar refractivity (Wildman–Crippen MR) is 180 cm³/mol. The number of imidazole rings is 2. The number of hydrogen-bond acceptors (Lipinski definition) is 12. The number of hydrogen-bond donors (Lipinski definition) is 2. The van der Waals surface area contributed by atoms with Gasteiger partial charge >= 0.3 is 13.2 Å². The van der Waals surface area contributed by atoms with E-state index in [4.69, 9.17) is 35.4 Å². The third-order valence-corrected chi connectivity index (χ3v) is 8.50. The lowest BCUT2D eigenvalue weighted by atomic mass is 10.3. The summed E-state index contributed by atoms with van der Waals surface area (Å²) in [5.74, 6) is -2.06. The van der Waals surface area contributed by atoms with Crippen LogP contribution in [0.4, 0.5) is 17.6 Å². The second-order valence-electron chi connectivity index (χ2n) is 9.56. The van der Waals surface area contributed by atoms with Gasteiger partial charge in [0, 0.05) is 42.4 Å². The van der Waals surface area contributed by atoms with Gasteiger partial charge in [0.05, 0.1) is 94.6 Å². The molecule has 51 heavy (non-hydrogen) atoms. The Morgan fingerprint density at radius 2 is 1.29 bits per heavy atom. The Bertz CT molecular complexity index is 2550. The third kappa shape index (κ3) is 9.28. The van der Waals surface area contributed by atoms with E-state index in [2.05, 4.69) is 39.4 Å². The topological polar surface area (TPSA) is 156 Å². The lowest BCUT2D eigenvalue weighted by Gasteiger charge is -2.10. The highest BCUT2D eigenvalue weighted by atomic mass is 32.2. The molecule has 6 aromatic rings. The van der Waals surface area contributed by atoms with Crippen molar-refractivity contribution in [2.75, 3.05) is 28.2 Å². The molecule has 270 valence electrons.